The van der Waals surface area contributed by atoms with E-state index in [-0.39, 0.29) is 0 Å². The number of benzene rings is 1. The van der Waals surface area contributed by atoms with E-state index in [0.717, 1.165) is 10.2 Å². The second-order valence-electron chi connectivity index (χ2n) is 3.53. The molecule has 1 heterocycles. The Kier molecular flexibility index (Phi) is 3.41. The molecular formula is C11H11N3OS2. The number of nitrogens with two attached hydrogens (primary N) is 1. The fourth-order valence-corrected chi connectivity index (χ4v) is 3.94. The van der Waals surface area contributed by atoms with Crippen molar-refractivity contribution in [3.8, 4) is 6.07 Å². The van der Waals surface area contributed by atoms with E-state index in [2.05, 4.69) is 4.98 Å². The van der Waals surface area contributed by atoms with E-state index in [1.165, 1.54) is 11.3 Å². The Labute approximate surface area is 106 Å². The van der Waals surface area contributed by atoms with Crippen LogP contribution in [0.5, 0.6) is 0 Å². The maximum atomic E-state index is 12.1. The third-order valence-electron chi connectivity index (χ3n) is 2.34. The summed E-state index contributed by atoms with van der Waals surface area (Å²) in [6, 6.07) is 7.42. The first-order chi connectivity index (χ1) is 8.15. The van der Waals surface area contributed by atoms with Crippen LogP contribution in [0.1, 0.15) is 13.3 Å². The van der Waals surface area contributed by atoms with Crippen LogP contribution in [0.2, 0.25) is 0 Å². The molecule has 0 aliphatic heterocycles. The van der Waals surface area contributed by atoms with E-state index in [1.807, 2.05) is 13.0 Å². The van der Waals surface area contributed by atoms with Crippen molar-refractivity contribution in [1.29, 1.82) is 5.26 Å². The van der Waals surface area contributed by atoms with Gasteiger partial charge in [0.1, 0.15) is 5.25 Å². The van der Waals surface area contributed by atoms with Gasteiger partial charge in [-0.15, -0.1) is 11.3 Å². The molecule has 0 spiro atoms. The van der Waals surface area contributed by atoms with Crippen molar-refractivity contribution >= 4 is 38.0 Å². The molecule has 6 heteroatoms. The molecule has 17 heavy (non-hydrogen) atoms. The fourth-order valence-electron chi connectivity index (χ4n) is 1.42. The molecule has 2 atom stereocenters. The summed E-state index contributed by atoms with van der Waals surface area (Å²) in [5.74, 6) is 0. The van der Waals surface area contributed by atoms with Gasteiger partial charge < -0.3 is 5.73 Å². The van der Waals surface area contributed by atoms with Gasteiger partial charge in [-0.2, -0.15) is 5.26 Å². The summed E-state index contributed by atoms with van der Waals surface area (Å²) >= 11 is 1.34. The Morgan fingerprint density at radius 1 is 1.65 bits per heavy atom. The lowest BCUT2D eigenvalue weighted by Crippen LogP contribution is -2.11. The normalized spacial score (nSPS) is 14.4. The molecule has 88 valence electrons. The van der Waals surface area contributed by atoms with Crippen molar-refractivity contribution in [3.63, 3.8) is 0 Å². The molecular weight excluding hydrogens is 254 g/mol. The molecule has 1 aromatic carbocycles. The molecule has 0 amide bonds. The number of rotatable bonds is 3. The Hall–Kier alpha value is -1.45. The molecule has 0 saturated carbocycles. The SMILES string of the molecule is CCC(C#N)S(=O)c1nc2ccc(N)cc2s1. The second kappa shape index (κ2) is 4.82. The highest BCUT2D eigenvalue weighted by atomic mass is 32.2. The topological polar surface area (TPSA) is 79.8 Å². The minimum absolute atomic E-state index is 0.493. The molecule has 2 unspecified atom stereocenters. The lowest BCUT2D eigenvalue weighted by molar-refractivity contribution is 0.675. The first-order valence-corrected chi connectivity index (χ1v) is 7.15. The van der Waals surface area contributed by atoms with Crippen molar-refractivity contribution in [2.24, 2.45) is 0 Å². The lowest BCUT2D eigenvalue weighted by Gasteiger charge is -2.01. The molecule has 2 N–H and O–H groups in total. The zero-order chi connectivity index (χ0) is 12.4. The number of nitriles is 1. The van der Waals surface area contributed by atoms with Gasteiger partial charge >= 0.3 is 0 Å². The number of nitrogen functional groups attached to an aromatic ring is 1. The average Bonchev–Trinajstić information content (AvgIpc) is 2.73. The van der Waals surface area contributed by atoms with Crippen molar-refractivity contribution < 1.29 is 4.21 Å². The Morgan fingerprint density at radius 2 is 2.41 bits per heavy atom. The molecule has 0 fully saturated rings. The Balaban J connectivity index is 2.43. The lowest BCUT2D eigenvalue weighted by atomic mass is 10.3. The highest BCUT2D eigenvalue weighted by Crippen LogP contribution is 2.27. The van der Waals surface area contributed by atoms with Crippen LogP contribution in [-0.4, -0.2) is 14.4 Å². The standard InChI is InChI=1S/C11H11N3OS2/c1-2-8(6-12)17(15)11-14-9-4-3-7(13)5-10(9)16-11/h3-5,8H,2,13H2,1H3. The molecule has 2 aromatic rings. The summed E-state index contributed by atoms with van der Waals surface area (Å²) in [7, 11) is -1.36. The number of aromatic nitrogens is 1. The number of fused-ring (bicyclic) bond motifs is 1. The molecule has 4 nitrogen and oxygen atoms in total. The van der Waals surface area contributed by atoms with E-state index >= 15 is 0 Å². The largest absolute Gasteiger partial charge is 0.399 e. The quantitative estimate of drug-likeness (QED) is 0.863. The van der Waals surface area contributed by atoms with Crippen molar-refractivity contribution in [1.82, 2.24) is 4.98 Å². The van der Waals surface area contributed by atoms with E-state index < -0.39 is 16.0 Å². The number of anilines is 1. The highest BCUT2D eigenvalue weighted by Gasteiger charge is 2.19. The third kappa shape index (κ3) is 2.30. The van der Waals surface area contributed by atoms with E-state index in [4.69, 9.17) is 11.0 Å². The summed E-state index contributed by atoms with van der Waals surface area (Å²) in [6.45, 7) is 1.84. The molecule has 0 aliphatic rings. The van der Waals surface area contributed by atoms with Crippen LogP contribution >= 0.6 is 11.3 Å². The Bertz CT molecular complexity index is 615. The van der Waals surface area contributed by atoms with Crippen LogP contribution in [0.4, 0.5) is 5.69 Å². The van der Waals surface area contributed by atoms with Crippen LogP contribution < -0.4 is 5.73 Å². The summed E-state index contributed by atoms with van der Waals surface area (Å²) in [5.41, 5.74) is 7.11. The summed E-state index contributed by atoms with van der Waals surface area (Å²) in [6.07, 6.45) is 0.557. The fraction of sp³-hybridized carbons (Fsp3) is 0.273. The summed E-state index contributed by atoms with van der Waals surface area (Å²) in [4.78, 5) is 4.28. The van der Waals surface area contributed by atoms with Gasteiger partial charge in [-0.3, -0.25) is 4.21 Å². The number of hydrogen-bond acceptors (Lipinski definition) is 5. The van der Waals surface area contributed by atoms with Gasteiger partial charge in [0.25, 0.3) is 0 Å². The minimum Gasteiger partial charge on any atom is -0.399 e. The third-order valence-corrected chi connectivity index (χ3v) is 5.28. The Morgan fingerprint density at radius 3 is 3.06 bits per heavy atom. The highest BCUT2D eigenvalue weighted by molar-refractivity contribution is 7.88. The predicted molar refractivity (Wildman–Crippen MR) is 70.1 cm³/mol. The van der Waals surface area contributed by atoms with Gasteiger partial charge in [-0.25, -0.2) is 4.98 Å². The van der Waals surface area contributed by atoms with E-state index in [0.29, 0.717) is 16.4 Å². The maximum absolute atomic E-state index is 12.1. The molecule has 0 saturated heterocycles. The minimum atomic E-state index is -1.36. The van der Waals surface area contributed by atoms with Crippen LogP contribution in [0.3, 0.4) is 0 Å². The van der Waals surface area contributed by atoms with Crippen LogP contribution in [-0.2, 0) is 10.8 Å². The average molecular weight is 265 g/mol. The monoisotopic (exact) mass is 265 g/mol. The van der Waals surface area contributed by atoms with Crippen molar-refractivity contribution in [2.45, 2.75) is 22.9 Å². The van der Waals surface area contributed by atoms with Gasteiger partial charge in [-0.05, 0) is 24.6 Å². The van der Waals surface area contributed by atoms with Crippen molar-refractivity contribution in [2.75, 3.05) is 5.73 Å². The zero-order valence-corrected chi connectivity index (χ0v) is 10.8. The maximum Gasteiger partial charge on any atom is 0.183 e. The summed E-state index contributed by atoms with van der Waals surface area (Å²) < 4.78 is 13.5. The van der Waals surface area contributed by atoms with Crippen molar-refractivity contribution in [3.05, 3.63) is 18.2 Å². The second-order valence-corrected chi connectivity index (χ2v) is 6.37. The first-order valence-electron chi connectivity index (χ1n) is 5.12. The van der Waals surface area contributed by atoms with Crippen LogP contribution in [0, 0.1) is 11.3 Å². The molecule has 1 aromatic heterocycles. The number of hydrogen-bond donors (Lipinski definition) is 1. The smallest absolute Gasteiger partial charge is 0.183 e. The molecule has 0 aliphatic carbocycles. The van der Waals surface area contributed by atoms with Gasteiger partial charge in [-0.1, -0.05) is 6.92 Å². The first kappa shape index (κ1) is 12.0. The predicted octanol–water partition coefficient (Wildman–Crippen LogP) is 2.29. The van der Waals surface area contributed by atoms with E-state index in [9.17, 15) is 4.21 Å². The number of nitrogens with zero attached hydrogens (tertiary/aromatic N) is 2. The zero-order valence-electron chi connectivity index (χ0n) is 9.21. The summed E-state index contributed by atoms with van der Waals surface area (Å²) in [5, 5.41) is 8.40. The number of thiazole rings is 1. The molecule has 2 rings (SSSR count). The van der Waals surface area contributed by atoms with E-state index in [1.54, 1.807) is 18.2 Å². The van der Waals surface area contributed by atoms with Crippen LogP contribution in [0.15, 0.2) is 22.5 Å². The van der Waals surface area contributed by atoms with Gasteiger partial charge in [0.2, 0.25) is 0 Å². The molecule has 0 radical (unpaired) electrons. The van der Waals surface area contributed by atoms with Crippen LogP contribution in [0.25, 0.3) is 10.2 Å². The van der Waals surface area contributed by atoms with Gasteiger partial charge in [0.05, 0.1) is 27.1 Å². The van der Waals surface area contributed by atoms with Gasteiger partial charge in [0, 0.05) is 5.69 Å². The van der Waals surface area contributed by atoms with Gasteiger partial charge in [0.15, 0.2) is 4.34 Å². The molecule has 0 bridgehead atoms.